The maximum absolute atomic E-state index is 12.0. The summed E-state index contributed by atoms with van der Waals surface area (Å²) in [6, 6.07) is 6.41. The van der Waals surface area contributed by atoms with E-state index in [1.807, 2.05) is 13.0 Å². The monoisotopic (exact) mass is 231 g/mol. The fourth-order valence-electron chi connectivity index (χ4n) is 2.28. The Balaban J connectivity index is 2.13. The highest BCUT2D eigenvalue weighted by Crippen LogP contribution is 2.22. The fraction of sp³-hybridized carbons (Fsp3) is 0.533. The van der Waals surface area contributed by atoms with Crippen LogP contribution in [0.25, 0.3) is 0 Å². The van der Waals surface area contributed by atoms with E-state index >= 15 is 0 Å². The highest BCUT2D eigenvalue weighted by atomic mass is 16.1. The molecule has 1 aliphatic rings. The van der Waals surface area contributed by atoms with Gasteiger partial charge < -0.3 is 5.32 Å². The molecule has 2 nitrogen and oxygen atoms in total. The van der Waals surface area contributed by atoms with Crippen molar-refractivity contribution in [2.45, 2.75) is 52.0 Å². The SMILES string of the molecule is CC[C@@H](C)NC(=O)c1ccc2c(c1)CCCC2. The van der Waals surface area contributed by atoms with Crippen LogP contribution in [0.1, 0.15) is 54.6 Å². The highest BCUT2D eigenvalue weighted by molar-refractivity contribution is 5.94. The van der Waals surface area contributed by atoms with Crippen molar-refractivity contribution < 1.29 is 4.79 Å². The lowest BCUT2D eigenvalue weighted by atomic mass is 9.90. The molecule has 1 N–H and O–H groups in total. The van der Waals surface area contributed by atoms with E-state index in [0.717, 1.165) is 18.4 Å². The Hall–Kier alpha value is -1.31. The summed E-state index contributed by atoms with van der Waals surface area (Å²) in [5.41, 5.74) is 3.61. The van der Waals surface area contributed by atoms with E-state index < -0.39 is 0 Å². The smallest absolute Gasteiger partial charge is 0.251 e. The molecule has 1 atom stereocenters. The largest absolute Gasteiger partial charge is 0.350 e. The number of nitrogens with one attached hydrogen (secondary N) is 1. The van der Waals surface area contributed by atoms with Crippen molar-refractivity contribution in [2.24, 2.45) is 0 Å². The summed E-state index contributed by atoms with van der Waals surface area (Å²) in [4.78, 5) is 12.0. The second kappa shape index (κ2) is 5.35. The zero-order valence-corrected chi connectivity index (χ0v) is 10.8. The van der Waals surface area contributed by atoms with Crippen LogP contribution >= 0.6 is 0 Å². The maximum Gasteiger partial charge on any atom is 0.251 e. The lowest BCUT2D eigenvalue weighted by Gasteiger charge is -2.17. The molecule has 2 rings (SSSR count). The number of fused-ring (bicyclic) bond motifs is 1. The van der Waals surface area contributed by atoms with E-state index in [4.69, 9.17) is 0 Å². The number of benzene rings is 1. The predicted octanol–water partition coefficient (Wildman–Crippen LogP) is 3.09. The van der Waals surface area contributed by atoms with Crippen molar-refractivity contribution in [3.63, 3.8) is 0 Å². The molecule has 0 unspecified atom stereocenters. The number of hydrogen-bond donors (Lipinski definition) is 1. The summed E-state index contributed by atoms with van der Waals surface area (Å²) >= 11 is 0. The van der Waals surface area contributed by atoms with E-state index in [1.54, 1.807) is 0 Å². The second-order valence-corrected chi connectivity index (χ2v) is 4.97. The summed E-state index contributed by atoms with van der Waals surface area (Å²) < 4.78 is 0. The highest BCUT2D eigenvalue weighted by Gasteiger charge is 2.13. The Morgan fingerprint density at radius 2 is 2.00 bits per heavy atom. The van der Waals surface area contributed by atoms with Crippen molar-refractivity contribution in [2.75, 3.05) is 0 Å². The molecule has 0 spiro atoms. The Bertz CT molecular complexity index is 411. The lowest BCUT2D eigenvalue weighted by molar-refractivity contribution is 0.0939. The molecule has 0 saturated carbocycles. The summed E-state index contributed by atoms with van der Waals surface area (Å²) in [6.07, 6.45) is 5.80. The van der Waals surface area contributed by atoms with Gasteiger partial charge in [-0.25, -0.2) is 0 Å². The van der Waals surface area contributed by atoms with E-state index in [2.05, 4.69) is 24.4 Å². The van der Waals surface area contributed by atoms with Gasteiger partial charge in [-0.1, -0.05) is 13.0 Å². The number of amides is 1. The van der Waals surface area contributed by atoms with Crippen LogP contribution in [0.3, 0.4) is 0 Å². The third kappa shape index (κ3) is 2.87. The molecule has 0 heterocycles. The van der Waals surface area contributed by atoms with Crippen molar-refractivity contribution in [1.82, 2.24) is 5.32 Å². The third-order valence-electron chi connectivity index (χ3n) is 3.60. The summed E-state index contributed by atoms with van der Waals surface area (Å²) in [6.45, 7) is 4.12. The molecule has 1 aromatic carbocycles. The Kier molecular flexibility index (Phi) is 3.82. The van der Waals surface area contributed by atoms with Crippen LogP contribution < -0.4 is 5.32 Å². The minimum atomic E-state index is 0.0627. The van der Waals surface area contributed by atoms with Crippen LogP contribution in [0.4, 0.5) is 0 Å². The van der Waals surface area contributed by atoms with Crippen LogP contribution in [-0.2, 0) is 12.8 Å². The number of aryl methyl sites for hydroxylation is 2. The molecular weight excluding hydrogens is 210 g/mol. The second-order valence-electron chi connectivity index (χ2n) is 4.97. The van der Waals surface area contributed by atoms with Gasteiger partial charge in [0.2, 0.25) is 0 Å². The minimum absolute atomic E-state index is 0.0627. The average Bonchev–Trinajstić information content (AvgIpc) is 2.38. The van der Waals surface area contributed by atoms with Gasteiger partial charge in [0, 0.05) is 11.6 Å². The topological polar surface area (TPSA) is 29.1 Å². The van der Waals surface area contributed by atoms with E-state index in [1.165, 1.54) is 30.4 Å². The first-order chi connectivity index (χ1) is 8.20. The first-order valence-electron chi connectivity index (χ1n) is 6.63. The molecule has 0 aliphatic heterocycles. The Morgan fingerprint density at radius 1 is 1.29 bits per heavy atom. The number of carbonyl (C=O) groups is 1. The maximum atomic E-state index is 12.0. The van der Waals surface area contributed by atoms with E-state index in [9.17, 15) is 4.79 Å². The van der Waals surface area contributed by atoms with Gasteiger partial charge in [0.05, 0.1) is 0 Å². The van der Waals surface area contributed by atoms with Gasteiger partial charge in [-0.3, -0.25) is 4.79 Å². The number of hydrogen-bond acceptors (Lipinski definition) is 1. The van der Waals surface area contributed by atoms with Crippen molar-refractivity contribution >= 4 is 5.91 Å². The molecule has 1 aromatic rings. The molecule has 17 heavy (non-hydrogen) atoms. The van der Waals surface area contributed by atoms with E-state index in [-0.39, 0.29) is 11.9 Å². The summed E-state index contributed by atoms with van der Waals surface area (Å²) in [5.74, 6) is 0.0627. The molecule has 0 radical (unpaired) electrons. The molecular formula is C15H21NO. The molecule has 2 heteroatoms. The zero-order valence-electron chi connectivity index (χ0n) is 10.8. The molecule has 0 saturated heterocycles. The van der Waals surface area contributed by atoms with Crippen LogP contribution in [0.2, 0.25) is 0 Å². The van der Waals surface area contributed by atoms with Crippen LogP contribution in [0.5, 0.6) is 0 Å². The van der Waals surface area contributed by atoms with Crippen LogP contribution in [0.15, 0.2) is 18.2 Å². The van der Waals surface area contributed by atoms with Gasteiger partial charge in [-0.15, -0.1) is 0 Å². The molecule has 1 amide bonds. The van der Waals surface area contributed by atoms with Crippen molar-refractivity contribution in [3.8, 4) is 0 Å². The fourth-order valence-corrected chi connectivity index (χ4v) is 2.28. The van der Waals surface area contributed by atoms with Gasteiger partial charge in [-0.05, 0) is 62.3 Å². The Labute approximate surface area is 103 Å². The average molecular weight is 231 g/mol. The van der Waals surface area contributed by atoms with Crippen molar-refractivity contribution in [1.29, 1.82) is 0 Å². The Morgan fingerprint density at radius 3 is 2.71 bits per heavy atom. The third-order valence-corrected chi connectivity index (χ3v) is 3.60. The molecule has 1 aliphatic carbocycles. The van der Waals surface area contributed by atoms with Crippen LogP contribution in [-0.4, -0.2) is 11.9 Å². The molecule has 0 bridgehead atoms. The zero-order chi connectivity index (χ0) is 12.3. The van der Waals surface area contributed by atoms with Gasteiger partial charge >= 0.3 is 0 Å². The number of rotatable bonds is 3. The molecule has 0 aromatic heterocycles. The van der Waals surface area contributed by atoms with E-state index in [0.29, 0.717) is 0 Å². The van der Waals surface area contributed by atoms with Gasteiger partial charge in [0.1, 0.15) is 0 Å². The van der Waals surface area contributed by atoms with Gasteiger partial charge in [0.25, 0.3) is 5.91 Å². The van der Waals surface area contributed by atoms with Gasteiger partial charge in [-0.2, -0.15) is 0 Å². The number of carbonyl (C=O) groups excluding carboxylic acids is 1. The van der Waals surface area contributed by atoms with Gasteiger partial charge in [0.15, 0.2) is 0 Å². The lowest BCUT2D eigenvalue weighted by Crippen LogP contribution is -2.32. The first-order valence-corrected chi connectivity index (χ1v) is 6.63. The quantitative estimate of drug-likeness (QED) is 0.851. The normalized spacial score (nSPS) is 16.1. The molecule has 92 valence electrons. The first kappa shape index (κ1) is 12.2. The summed E-state index contributed by atoms with van der Waals surface area (Å²) in [7, 11) is 0. The molecule has 0 fully saturated rings. The predicted molar refractivity (Wildman–Crippen MR) is 70.3 cm³/mol. The summed E-state index contributed by atoms with van der Waals surface area (Å²) in [5, 5.41) is 3.01. The minimum Gasteiger partial charge on any atom is -0.350 e. The van der Waals surface area contributed by atoms with Crippen LogP contribution in [0, 0.1) is 0 Å². The standard InChI is InChI=1S/C15H21NO/c1-3-11(2)16-15(17)14-9-8-12-6-4-5-7-13(12)10-14/h8-11H,3-7H2,1-2H3,(H,16,17)/t11-/m1/s1. The van der Waals surface area contributed by atoms with Crippen molar-refractivity contribution in [3.05, 3.63) is 34.9 Å².